The van der Waals surface area contributed by atoms with Crippen molar-refractivity contribution in [3.8, 4) is 5.75 Å². The normalized spacial score (nSPS) is 11.8. The lowest BCUT2D eigenvalue weighted by molar-refractivity contribution is 0.242. The average Bonchev–Trinajstić information content (AvgIpc) is 2.84. The molecule has 0 aliphatic heterocycles. The van der Waals surface area contributed by atoms with Crippen LogP contribution in [0.1, 0.15) is 25.5 Å². The predicted molar refractivity (Wildman–Crippen MR) is 82.3 cm³/mol. The molecule has 22 heavy (non-hydrogen) atoms. The van der Waals surface area contributed by atoms with E-state index in [0.717, 1.165) is 0 Å². The van der Waals surface area contributed by atoms with Crippen LogP contribution in [0.5, 0.6) is 5.75 Å². The van der Waals surface area contributed by atoms with E-state index in [4.69, 9.17) is 9.15 Å². The number of aryl methyl sites for hydroxylation is 1. The fourth-order valence-electron chi connectivity index (χ4n) is 1.86. The van der Waals surface area contributed by atoms with Crippen molar-refractivity contribution in [2.75, 3.05) is 6.54 Å². The van der Waals surface area contributed by atoms with Crippen molar-refractivity contribution in [1.82, 2.24) is 9.71 Å². The van der Waals surface area contributed by atoms with E-state index in [1.165, 1.54) is 12.1 Å². The minimum atomic E-state index is -3.54. The number of nitrogens with one attached hydrogen (secondary N) is 1. The van der Waals surface area contributed by atoms with Crippen molar-refractivity contribution in [3.63, 3.8) is 0 Å². The van der Waals surface area contributed by atoms with Crippen molar-refractivity contribution >= 4 is 10.0 Å². The molecule has 0 bridgehead atoms. The number of benzene rings is 1. The van der Waals surface area contributed by atoms with E-state index in [0.29, 0.717) is 23.8 Å². The highest BCUT2D eigenvalue weighted by Crippen LogP contribution is 2.17. The van der Waals surface area contributed by atoms with Crippen molar-refractivity contribution in [1.29, 1.82) is 0 Å². The van der Waals surface area contributed by atoms with Gasteiger partial charge in [-0.25, -0.2) is 18.1 Å². The van der Waals surface area contributed by atoms with Crippen molar-refractivity contribution < 1.29 is 17.6 Å². The van der Waals surface area contributed by atoms with Crippen LogP contribution in [0.15, 0.2) is 39.8 Å². The highest BCUT2D eigenvalue weighted by molar-refractivity contribution is 7.89. The second kappa shape index (κ2) is 6.93. The first-order valence-corrected chi connectivity index (χ1v) is 8.53. The smallest absolute Gasteiger partial charge is 0.240 e. The van der Waals surface area contributed by atoms with Crippen LogP contribution in [0, 0.1) is 6.92 Å². The molecule has 1 aromatic heterocycles. The van der Waals surface area contributed by atoms with Crippen molar-refractivity contribution in [2.24, 2.45) is 0 Å². The summed E-state index contributed by atoms with van der Waals surface area (Å²) in [5, 5.41) is 0. The molecule has 0 spiro atoms. The van der Waals surface area contributed by atoms with Gasteiger partial charge in [0.05, 0.1) is 17.2 Å². The molecule has 0 atom stereocenters. The average molecular weight is 324 g/mol. The molecule has 2 rings (SSSR count). The largest absolute Gasteiger partial charge is 0.491 e. The Bertz CT molecular complexity index is 705. The maximum Gasteiger partial charge on any atom is 0.240 e. The number of hydrogen-bond acceptors (Lipinski definition) is 5. The number of nitrogens with zero attached hydrogens (tertiary/aromatic N) is 1. The maximum atomic E-state index is 12.2. The van der Waals surface area contributed by atoms with Crippen LogP contribution in [-0.4, -0.2) is 26.1 Å². The first kappa shape index (κ1) is 16.5. The van der Waals surface area contributed by atoms with Gasteiger partial charge in [-0.1, -0.05) is 0 Å². The second-order valence-electron chi connectivity index (χ2n) is 5.15. The topological polar surface area (TPSA) is 81.4 Å². The number of hydrogen-bond donors (Lipinski definition) is 1. The Labute approximate surface area is 130 Å². The summed E-state index contributed by atoms with van der Waals surface area (Å²) in [4.78, 5) is 4.23. The molecule has 1 heterocycles. The van der Waals surface area contributed by atoms with E-state index in [-0.39, 0.29) is 17.5 Å². The summed E-state index contributed by atoms with van der Waals surface area (Å²) < 4.78 is 37.6. The van der Waals surface area contributed by atoms with Crippen LogP contribution in [0.2, 0.25) is 0 Å². The summed E-state index contributed by atoms with van der Waals surface area (Å²) in [6.45, 7) is 5.85. The van der Waals surface area contributed by atoms with Gasteiger partial charge < -0.3 is 9.15 Å². The van der Waals surface area contributed by atoms with Crippen molar-refractivity contribution in [2.45, 2.75) is 38.2 Å². The lowest BCUT2D eigenvalue weighted by Crippen LogP contribution is -2.26. The molecule has 0 aliphatic rings. The van der Waals surface area contributed by atoms with E-state index in [1.54, 1.807) is 25.3 Å². The van der Waals surface area contributed by atoms with Crippen molar-refractivity contribution in [3.05, 3.63) is 42.1 Å². The summed E-state index contributed by atoms with van der Waals surface area (Å²) in [7, 11) is -3.54. The Morgan fingerprint density at radius 1 is 1.27 bits per heavy atom. The first-order valence-electron chi connectivity index (χ1n) is 7.04. The summed E-state index contributed by atoms with van der Waals surface area (Å²) in [5.41, 5.74) is 0. The van der Waals surface area contributed by atoms with Crippen LogP contribution >= 0.6 is 0 Å². The SMILES string of the molecule is Cc1cnc(CCNS(=O)(=O)c2ccc(OC(C)C)cc2)o1. The lowest BCUT2D eigenvalue weighted by Gasteiger charge is -2.10. The molecule has 0 saturated heterocycles. The molecule has 0 saturated carbocycles. The molecule has 0 fully saturated rings. The molecule has 2 aromatic rings. The molecule has 7 heteroatoms. The molecule has 0 radical (unpaired) electrons. The zero-order valence-corrected chi connectivity index (χ0v) is 13.7. The second-order valence-corrected chi connectivity index (χ2v) is 6.92. The van der Waals surface area contributed by atoms with E-state index < -0.39 is 10.0 Å². The lowest BCUT2D eigenvalue weighted by atomic mass is 10.3. The Hall–Kier alpha value is -1.86. The van der Waals surface area contributed by atoms with Crippen LogP contribution < -0.4 is 9.46 Å². The van der Waals surface area contributed by atoms with Crippen LogP contribution in [0.3, 0.4) is 0 Å². The summed E-state index contributed by atoms with van der Waals surface area (Å²) >= 11 is 0. The third-order valence-electron chi connectivity index (χ3n) is 2.81. The number of rotatable bonds is 7. The first-order chi connectivity index (χ1) is 10.4. The summed E-state index contributed by atoms with van der Waals surface area (Å²) in [6, 6.07) is 6.34. The molecule has 120 valence electrons. The highest BCUT2D eigenvalue weighted by atomic mass is 32.2. The predicted octanol–water partition coefficient (Wildman–Crippen LogP) is 2.29. The summed E-state index contributed by atoms with van der Waals surface area (Å²) in [6.07, 6.45) is 2.06. The minimum absolute atomic E-state index is 0.0461. The third kappa shape index (κ3) is 4.57. The number of aromatic nitrogens is 1. The van der Waals surface area contributed by atoms with E-state index in [9.17, 15) is 8.42 Å². The number of ether oxygens (including phenoxy) is 1. The van der Waals surface area contributed by atoms with Crippen LogP contribution in [-0.2, 0) is 16.4 Å². The quantitative estimate of drug-likeness (QED) is 0.845. The van der Waals surface area contributed by atoms with Gasteiger partial charge in [-0.3, -0.25) is 0 Å². The Kier molecular flexibility index (Phi) is 5.20. The standard InChI is InChI=1S/C15H20N2O4S/c1-11(2)20-13-4-6-14(7-5-13)22(18,19)17-9-8-15-16-10-12(3)21-15/h4-7,10-11,17H,8-9H2,1-3H3. The fourth-order valence-corrected chi connectivity index (χ4v) is 2.89. The Balaban J connectivity index is 1.94. The fraction of sp³-hybridized carbons (Fsp3) is 0.400. The van der Waals surface area contributed by atoms with Gasteiger partial charge in [-0.2, -0.15) is 0 Å². The van der Waals surface area contributed by atoms with Gasteiger partial charge in [0.15, 0.2) is 5.89 Å². The Morgan fingerprint density at radius 3 is 2.50 bits per heavy atom. The highest BCUT2D eigenvalue weighted by Gasteiger charge is 2.14. The number of sulfonamides is 1. The molecular formula is C15H20N2O4S. The molecule has 1 aromatic carbocycles. The molecule has 0 amide bonds. The molecule has 0 unspecified atom stereocenters. The molecule has 6 nitrogen and oxygen atoms in total. The third-order valence-corrected chi connectivity index (χ3v) is 4.28. The van der Waals surface area contributed by atoms with Gasteiger partial charge in [0.1, 0.15) is 11.5 Å². The van der Waals surface area contributed by atoms with E-state index in [2.05, 4.69) is 9.71 Å². The zero-order valence-electron chi connectivity index (χ0n) is 12.9. The van der Waals surface area contributed by atoms with Gasteiger partial charge in [0, 0.05) is 13.0 Å². The monoisotopic (exact) mass is 324 g/mol. The maximum absolute atomic E-state index is 12.2. The van der Waals surface area contributed by atoms with Gasteiger partial charge in [0.2, 0.25) is 10.0 Å². The van der Waals surface area contributed by atoms with Gasteiger partial charge in [-0.15, -0.1) is 0 Å². The zero-order chi connectivity index (χ0) is 16.2. The van der Waals surface area contributed by atoms with Gasteiger partial charge in [0.25, 0.3) is 0 Å². The van der Waals surface area contributed by atoms with E-state index >= 15 is 0 Å². The van der Waals surface area contributed by atoms with Gasteiger partial charge in [-0.05, 0) is 45.0 Å². The minimum Gasteiger partial charge on any atom is -0.491 e. The Morgan fingerprint density at radius 2 is 1.95 bits per heavy atom. The molecular weight excluding hydrogens is 304 g/mol. The summed E-state index contributed by atoms with van der Waals surface area (Å²) in [5.74, 6) is 1.86. The molecule has 1 N–H and O–H groups in total. The van der Waals surface area contributed by atoms with Gasteiger partial charge >= 0.3 is 0 Å². The molecule has 0 aliphatic carbocycles. The van der Waals surface area contributed by atoms with Crippen LogP contribution in [0.25, 0.3) is 0 Å². The van der Waals surface area contributed by atoms with E-state index in [1.807, 2.05) is 13.8 Å². The number of oxazole rings is 1. The van der Waals surface area contributed by atoms with Crippen LogP contribution in [0.4, 0.5) is 0 Å².